The zero-order valence-electron chi connectivity index (χ0n) is 11.9. The van der Waals surface area contributed by atoms with E-state index in [4.69, 9.17) is 0 Å². The lowest BCUT2D eigenvalue weighted by Gasteiger charge is -2.34. The SMILES string of the molecule is C[C@H]1c2cccn2CCN1C(=O)/C=C\c1cccc(F)c1. The Hall–Kier alpha value is -2.36. The van der Waals surface area contributed by atoms with Gasteiger partial charge in [0.1, 0.15) is 5.82 Å². The third kappa shape index (κ3) is 2.75. The number of carbonyl (C=O) groups excluding carboxylic acids is 1. The van der Waals surface area contributed by atoms with Crippen molar-refractivity contribution in [1.29, 1.82) is 0 Å². The first kappa shape index (κ1) is 13.6. The van der Waals surface area contributed by atoms with Gasteiger partial charge in [-0.15, -0.1) is 0 Å². The summed E-state index contributed by atoms with van der Waals surface area (Å²) in [6, 6.07) is 10.3. The van der Waals surface area contributed by atoms with Crippen molar-refractivity contribution in [3.05, 3.63) is 65.7 Å². The second-order valence-electron chi connectivity index (χ2n) is 5.22. The molecule has 1 aliphatic rings. The van der Waals surface area contributed by atoms with Crippen LogP contribution < -0.4 is 0 Å². The van der Waals surface area contributed by atoms with Crippen molar-refractivity contribution in [1.82, 2.24) is 9.47 Å². The van der Waals surface area contributed by atoms with Crippen molar-refractivity contribution in [3.63, 3.8) is 0 Å². The fraction of sp³-hybridized carbons (Fsp3) is 0.235. The van der Waals surface area contributed by atoms with Crippen LogP contribution in [0.1, 0.15) is 24.2 Å². The first-order valence-corrected chi connectivity index (χ1v) is 7.04. The number of amides is 1. The molecule has 1 amide bonds. The van der Waals surface area contributed by atoms with Crippen molar-refractivity contribution in [2.75, 3.05) is 6.54 Å². The number of carbonyl (C=O) groups is 1. The van der Waals surface area contributed by atoms with Crippen LogP contribution in [0, 0.1) is 5.82 Å². The third-order valence-electron chi connectivity index (χ3n) is 3.89. The van der Waals surface area contributed by atoms with Crippen molar-refractivity contribution in [3.8, 4) is 0 Å². The van der Waals surface area contributed by atoms with E-state index in [1.807, 2.05) is 30.2 Å². The largest absolute Gasteiger partial charge is 0.348 e. The minimum absolute atomic E-state index is 0.0424. The minimum Gasteiger partial charge on any atom is -0.348 e. The van der Waals surface area contributed by atoms with Gasteiger partial charge >= 0.3 is 0 Å². The predicted octanol–water partition coefficient (Wildman–Crippen LogP) is 3.24. The summed E-state index contributed by atoms with van der Waals surface area (Å²) in [7, 11) is 0. The Morgan fingerprint density at radius 1 is 1.29 bits per heavy atom. The highest BCUT2D eigenvalue weighted by atomic mass is 19.1. The molecule has 2 aromatic rings. The molecular formula is C17H17FN2O. The molecule has 1 atom stereocenters. The maximum Gasteiger partial charge on any atom is 0.247 e. The van der Waals surface area contributed by atoms with Gasteiger partial charge in [0.25, 0.3) is 0 Å². The van der Waals surface area contributed by atoms with E-state index >= 15 is 0 Å². The van der Waals surface area contributed by atoms with Gasteiger partial charge in [-0.1, -0.05) is 12.1 Å². The Labute approximate surface area is 123 Å². The molecule has 0 N–H and O–H groups in total. The van der Waals surface area contributed by atoms with Crippen molar-refractivity contribution in [2.45, 2.75) is 19.5 Å². The number of hydrogen-bond donors (Lipinski definition) is 0. The average molecular weight is 284 g/mol. The Kier molecular flexibility index (Phi) is 3.60. The average Bonchev–Trinajstić information content (AvgIpc) is 2.95. The molecule has 0 aliphatic carbocycles. The number of nitrogens with zero attached hydrogens (tertiary/aromatic N) is 2. The monoisotopic (exact) mass is 284 g/mol. The summed E-state index contributed by atoms with van der Waals surface area (Å²) in [4.78, 5) is 14.2. The van der Waals surface area contributed by atoms with E-state index in [1.165, 1.54) is 18.2 Å². The normalized spacial score (nSPS) is 18.0. The zero-order valence-corrected chi connectivity index (χ0v) is 11.9. The number of hydrogen-bond acceptors (Lipinski definition) is 1. The van der Waals surface area contributed by atoms with Crippen LogP contribution in [0.15, 0.2) is 48.7 Å². The lowest BCUT2D eigenvalue weighted by atomic mass is 10.1. The van der Waals surface area contributed by atoms with E-state index in [2.05, 4.69) is 4.57 Å². The van der Waals surface area contributed by atoms with Gasteiger partial charge < -0.3 is 9.47 Å². The predicted molar refractivity (Wildman–Crippen MR) is 80.0 cm³/mol. The van der Waals surface area contributed by atoms with Gasteiger partial charge in [-0.2, -0.15) is 0 Å². The minimum atomic E-state index is -0.297. The topological polar surface area (TPSA) is 25.2 Å². The first-order valence-electron chi connectivity index (χ1n) is 7.04. The number of halogens is 1. The molecule has 0 bridgehead atoms. The van der Waals surface area contributed by atoms with E-state index in [0.717, 1.165) is 12.2 Å². The van der Waals surface area contributed by atoms with Gasteiger partial charge in [-0.25, -0.2) is 4.39 Å². The summed E-state index contributed by atoms with van der Waals surface area (Å²) in [6.45, 7) is 3.53. The molecule has 108 valence electrons. The molecule has 1 aliphatic heterocycles. The Morgan fingerprint density at radius 3 is 2.95 bits per heavy atom. The van der Waals surface area contributed by atoms with Crippen LogP contribution in [-0.2, 0) is 11.3 Å². The molecular weight excluding hydrogens is 267 g/mol. The summed E-state index contributed by atoms with van der Waals surface area (Å²) >= 11 is 0. The zero-order chi connectivity index (χ0) is 14.8. The summed E-state index contributed by atoms with van der Waals surface area (Å²) in [6.07, 6.45) is 5.21. The van der Waals surface area contributed by atoms with E-state index in [9.17, 15) is 9.18 Å². The Morgan fingerprint density at radius 2 is 2.14 bits per heavy atom. The first-order chi connectivity index (χ1) is 10.1. The van der Waals surface area contributed by atoms with Crippen LogP contribution >= 0.6 is 0 Å². The molecule has 1 aromatic heterocycles. The molecule has 2 heterocycles. The fourth-order valence-electron chi connectivity index (χ4n) is 2.75. The molecule has 21 heavy (non-hydrogen) atoms. The van der Waals surface area contributed by atoms with Crippen LogP contribution in [0.5, 0.6) is 0 Å². The highest BCUT2D eigenvalue weighted by Gasteiger charge is 2.25. The van der Waals surface area contributed by atoms with Crippen molar-refractivity contribution >= 4 is 12.0 Å². The maximum absolute atomic E-state index is 13.1. The van der Waals surface area contributed by atoms with E-state index in [0.29, 0.717) is 12.1 Å². The summed E-state index contributed by atoms with van der Waals surface area (Å²) in [5.74, 6) is -0.340. The highest BCUT2D eigenvalue weighted by molar-refractivity contribution is 5.92. The number of rotatable bonds is 2. The smallest absolute Gasteiger partial charge is 0.247 e. The second kappa shape index (κ2) is 5.56. The van der Waals surface area contributed by atoms with Crippen LogP contribution in [0.25, 0.3) is 6.08 Å². The summed E-state index contributed by atoms with van der Waals surface area (Å²) < 4.78 is 15.3. The highest BCUT2D eigenvalue weighted by Crippen LogP contribution is 2.25. The van der Waals surface area contributed by atoms with Gasteiger partial charge in [0.2, 0.25) is 5.91 Å². The van der Waals surface area contributed by atoms with Gasteiger partial charge in [0.05, 0.1) is 6.04 Å². The van der Waals surface area contributed by atoms with Gasteiger partial charge in [0.15, 0.2) is 0 Å². The standard InChI is InChI=1S/C17H17FN2O/c1-13-16-6-3-9-19(16)10-11-20(13)17(21)8-7-14-4-2-5-15(18)12-14/h2-9,12-13H,10-11H2,1H3/b8-7-/t13-/m0/s1. The molecule has 1 aromatic carbocycles. The van der Waals surface area contributed by atoms with Crippen LogP contribution in [-0.4, -0.2) is 21.9 Å². The number of benzene rings is 1. The maximum atomic E-state index is 13.1. The second-order valence-corrected chi connectivity index (χ2v) is 5.22. The number of aromatic nitrogens is 1. The van der Waals surface area contributed by atoms with Crippen molar-refractivity contribution < 1.29 is 9.18 Å². The van der Waals surface area contributed by atoms with Crippen LogP contribution in [0.4, 0.5) is 4.39 Å². The molecule has 0 unspecified atom stereocenters. The Balaban J connectivity index is 1.74. The molecule has 0 radical (unpaired) electrons. The summed E-state index contributed by atoms with van der Waals surface area (Å²) in [5, 5.41) is 0. The van der Waals surface area contributed by atoms with E-state index in [1.54, 1.807) is 18.2 Å². The summed E-state index contributed by atoms with van der Waals surface area (Å²) in [5.41, 5.74) is 1.84. The molecule has 0 saturated heterocycles. The molecule has 4 heteroatoms. The number of fused-ring (bicyclic) bond motifs is 1. The molecule has 0 saturated carbocycles. The van der Waals surface area contributed by atoms with Crippen molar-refractivity contribution in [2.24, 2.45) is 0 Å². The molecule has 0 fully saturated rings. The quantitative estimate of drug-likeness (QED) is 0.777. The van der Waals surface area contributed by atoms with Crippen LogP contribution in [0.2, 0.25) is 0 Å². The lowest BCUT2D eigenvalue weighted by Crippen LogP contribution is -2.39. The lowest BCUT2D eigenvalue weighted by molar-refractivity contribution is -0.129. The molecule has 3 rings (SSSR count). The molecule has 3 nitrogen and oxygen atoms in total. The fourth-order valence-corrected chi connectivity index (χ4v) is 2.75. The Bertz CT molecular complexity index is 690. The van der Waals surface area contributed by atoms with E-state index < -0.39 is 0 Å². The van der Waals surface area contributed by atoms with Gasteiger partial charge in [-0.05, 0) is 42.8 Å². The van der Waals surface area contributed by atoms with Gasteiger partial charge in [-0.3, -0.25) is 4.79 Å². The van der Waals surface area contributed by atoms with E-state index in [-0.39, 0.29) is 17.8 Å². The third-order valence-corrected chi connectivity index (χ3v) is 3.89. The molecule has 0 spiro atoms. The van der Waals surface area contributed by atoms with Crippen LogP contribution in [0.3, 0.4) is 0 Å². The van der Waals surface area contributed by atoms with Gasteiger partial charge in [0, 0.05) is 31.1 Å².